The Labute approximate surface area is 121 Å². The quantitative estimate of drug-likeness (QED) is 0.648. The average Bonchev–Trinajstić information content (AvgIpc) is 2.34. The molecule has 0 heterocycles. The molecule has 2 rings (SSSR count). The van der Waals surface area contributed by atoms with Gasteiger partial charge in [0.2, 0.25) is 0 Å². The number of benzene rings is 2. The topological polar surface area (TPSA) is 9.23 Å². The van der Waals surface area contributed by atoms with Crippen LogP contribution < -0.4 is 4.74 Å². The second-order valence-corrected chi connectivity index (χ2v) is 4.94. The summed E-state index contributed by atoms with van der Waals surface area (Å²) in [7, 11) is 0. The van der Waals surface area contributed by atoms with Crippen LogP contribution >= 0.6 is 34.8 Å². The zero-order valence-electron chi connectivity index (χ0n) is 9.71. The highest BCUT2D eigenvalue weighted by molar-refractivity contribution is 6.32. The lowest BCUT2D eigenvalue weighted by atomic mass is 10.2. The van der Waals surface area contributed by atoms with Gasteiger partial charge in [-0.3, -0.25) is 0 Å². The fourth-order valence-electron chi connectivity index (χ4n) is 1.57. The van der Waals surface area contributed by atoms with Gasteiger partial charge >= 0.3 is 0 Å². The predicted octanol–water partition coefficient (Wildman–Crippen LogP) is 5.83. The molecule has 2 aromatic rings. The van der Waals surface area contributed by atoms with Crippen LogP contribution in [0.15, 0.2) is 36.4 Å². The Morgan fingerprint density at radius 1 is 1.06 bits per heavy atom. The first-order valence-corrected chi connectivity index (χ1v) is 6.68. The number of alkyl halides is 1. The molecular weight excluding hydrogens is 291 g/mol. The summed E-state index contributed by atoms with van der Waals surface area (Å²) in [6.45, 7) is 1.93. The van der Waals surface area contributed by atoms with Gasteiger partial charge in [-0.15, -0.1) is 11.6 Å². The van der Waals surface area contributed by atoms with Crippen molar-refractivity contribution in [3.8, 4) is 11.5 Å². The van der Waals surface area contributed by atoms with Crippen LogP contribution in [0.3, 0.4) is 0 Å². The molecule has 0 aliphatic heterocycles. The van der Waals surface area contributed by atoms with Gasteiger partial charge in [0.05, 0.1) is 5.88 Å². The Hall–Kier alpha value is -0.890. The van der Waals surface area contributed by atoms with Crippen LogP contribution in [-0.2, 0) is 5.88 Å². The van der Waals surface area contributed by atoms with Crippen LogP contribution in [0.2, 0.25) is 10.0 Å². The maximum absolute atomic E-state index is 6.07. The third kappa shape index (κ3) is 2.92. The molecule has 0 aromatic heterocycles. The summed E-state index contributed by atoms with van der Waals surface area (Å²) < 4.78 is 5.79. The molecule has 18 heavy (non-hydrogen) atoms. The first-order chi connectivity index (χ1) is 8.61. The Morgan fingerprint density at radius 2 is 1.83 bits per heavy atom. The van der Waals surface area contributed by atoms with Crippen LogP contribution in [0.1, 0.15) is 11.1 Å². The number of hydrogen-bond acceptors (Lipinski definition) is 1. The van der Waals surface area contributed by atoms with E-state index in [0.29, 0.717) is 27.4 Å². The summed E-state index contributed by atoms with van der Waals surface area (Å²) in [6.07, 6.45) is 0. The van der Waals surface area contributed by atoms with Crippen molar-refractivity contribution < 1.29 is 4.74 Å². The summed E-state index contributed by atoms with van der Waals surface area (Å²) in [4.78, 5) is 0. The third-order valence-electron chi connectivity index (χ3n) is 2.57. The highest BCUT2D eigenvalue weighted by Crippen LogP contribution is 2.32. The molecule has 0 amide bonds. The molecule has 0 bridgehead atoms. The van der Waals surface area contributed by atoms with Crippen molar-refractivity contribution in [2.24, 2.45) is 0 Å². The van der Waals surface area contributed by atoms with Crippen LogP contribution in [0, 0.1) is 6.92 Å². The van der Waals surface area contributed by atoms with Gasteiger partial charge in [-0.2, -0.15) is 0 Å². The van der Waals surface area contributed by atoms with E-state index in [1.54, 1.807) is 12.1 Å². The molecular formula is C14H11Cl3O. The highest BCUT2D eigenvalue weighted by Gasteiger charge is 2.08. The van der Waals surface area contributed by atoms with E-state index < -0.39 is 0 Å². The lowest BCUT2D eigenvalue weighted by molar-refractivity contribution is 0.478. The molecule has 0 unspecified atom stereocenters. The molecule has 0 atom stereocenters. The van der Waals surface area contributed by atoms with Gasteiger partial charge in [0, 0.05) is 15.6 Å². The first-order valence-electron chi connectivity index (χ1n) is 5.39. The van der Waals surface area contributed by atoms with Crippen LogP contribution in [0.4, 0.5) is 0 Å². The molecule has 4 heteroatoms. The maximum atomic E-state index is 6.07. The number of ether oxygens (including phenoxy) is 1. The van der Waals surface area contributed by atoms with E-state index in [1.165, 1.54) is 0 Å². The minimum Gasteiger partial charge on any atom is -0.457 e. The molecule has 0 fully saturated rings. The first kappa shape index (κ1) is 13.5. The largest absolute Gasteiger partial charge is 0.457 e. The fraction of sp³-hybridized carbons (Fsp3) is 0.143. The minimum atomic E-state index is 0.307. The minimum absolute atomic E-state index is 0.307. The Bertz CT molecular complexity index is 567. The number of aryl methyl sites for hydroxylation is 1. The zero-order valence-corrected chi connectivity index (χ0v) is 12.0. The monoisotopic (exact) mass is 300 g/mol. The second-order valence-electron chi connectivity index (χ2n) is 3.86. The summed E-state index contributed by atoms with van der Waals surface area (Å²) in [5.41, 5.74) is 1.75. The van der Waals surface area contributed by atoms with E-state index in [9.17, 15) is 0 Å². The van der Waals surface area contributed by atoms with Gasteiger partial charge in [-0.25, -0.2) is 0 Å². The van der Waals surface area contributed by atoms with E-state index in [2.05, 4.69) is 0 Å². The van der Waals surface area contributed by atoms with Crippen LogP contribution in [0.25, 0.3) is 0 Å². The Balaban J connectivity index is 2.34. The summed E-state index contributed by atoms with van der Waals surface area (Å²) in [5, 5.41) is 1.32. The van der Waals surface area contributed by atoms with Gasteiger partial charge < -0.3 is 4.74 Å². The normalized spacial score (nSPS) is 10.4. The number of hydrogen-bond donors (Lipinski definition) is 0. The molecule has 0 spiro atoms. The molecule has 0 aliphatic carbocycles. The molecule has 0 aliphatic rings. The molecule has 94 valence electrons. The average molecular weight is 302 g/mol. The van der Waals surface area contributed by atoms with Crippen molar-refractivity contribution in [2.75, 3.05) is 0 Å². The molecule has 0 saturated heterocycles. The van der Waals surface area contributed by atoms with Crippen molar-refractivity contribution in [1.29, 1.82) is 0 Å². The lowest BCUT2D eigenvalue weighted by Crippen LogP contribution is -1.91. The highest BCUT2D eigenvalue weighted by atomic mass is 35.5. The summed E-state index contributed by atoms with van der Waals surface area (Å²) in [6, 6.07) is 11.0. The molecule has 0 saturated carbocycles. The number of rotatable bonds is 3. The van der Waals surface area contributed by atoms with E-state index >= 15 is 0 Å². The van der Waals surface area contributed by atoms with Crippen LogP contribution in [-0.4, -0.2) is 0 Å². The van der Waals surface area contributed by atoms with Crippen molar-refractivity contribution in [3.05, 3.63) is 57.6 Å². The van der Waals surface area contributed by atoms with E-state index in [-0.39, 0.29) is 0 Å². The fourth-order valence-corrected chi connectivity index (χ4v) is 2.27. The van der Waals surface area contributed by atoms with Crippen molar-refractivity contribution in [2.45, 2.75) is 12.8 Å². The molecule has 0 N–H and O–H groups in total. The maximum Gasteiger partial charge on any atom is 0.133 e. The van der Waals surface area contributed by atoms with Gasteiger partial charge in [0.1, 0.15) is 11.5 Å². The van der Waals surface area contributed by atoms with Gasteiger partial charge in [-0.05, 0) is 42.8 Å². The standard InChI is InChI=1S/C14H11Cl3O/c1-9-7-10(5-6-12(9)16)18-14-4-2-3-13(17)11(14)8-15/h2-7H,8H2,1H3. The Kier molecular flexibility index (Phi) is 4.39. The van der Waals surface area contributed by atoms with Gasteiger partial charge in [0.15, 0.2) is 0 Å². The van der Waals surface area contributed by atoms with Crippen LogP contribution in [0.5, 0.6) is 11.5 Å². The Morgan fingerprint density at radius 3 is 2.50 bits per heavy atom. The smallest absolute Gasteiger partial charge is 0.133 e. The summed E-state index contributed by atoms with van der Waals surface area (Å²) in [5.74, 6) is 1.69. The van der Waals surface area contributed by atoms with Gasteiger partial charge in [0.25, 0.3) is 0 Å². The molecule has 2 aromatic carbocycles. The molecule has 1 nitrogen and oxygen atoms in total. The SMILES string of the molecule is Cc1cc(Oc2cccc(Cl)c2CCl)ccc1Cl. The number of halogens is 3. The predicted molar refractivity (Wildman–Crippen MR) is 77.3 cm³/mol. The van der Waals surface area contributed by atoms with E-state index in [0.717, 1.165) is 11.1 Å². The van der Waals surface area contributed by atoms with Crippen molar-refractivity contribution in [1.82, 2.24) is 0 Å². The zero-order chi connectivity index (χ0) is 13.1. The van der Waals surface area contributed by atoms with Gasteiger partial charge in [-0.1, -0.05) is 29.3 Å². The molecule has 0 radical (unpaired) electrons. The summed E-state index contributed by atoms with van der Waals surface area (Å²) >= 11 is 17.9. The van der Waals surface area contributed by atoms with Crippen molar-refractivity contribution >= 4 is 34.8 Å². The van der Waals surface area contributed by atoms with Crippen molar-refractivity contribution in [3.63, 3.8) is 0 Å². The van der Waals surface area contributed by atoms with E-state index in [1.807, 2.05) is 31.2 Å². The third-order valence-corrected chi connectivity index (χ3v) is 3.61. The second kappa shape index (κ2) is 5.83. The lowest BCUT2D eigenvalue weighted by Gasteiger charge is -2.11. The van der Waals surface area contributed by atoms with E-state index in [4.69, 9.17) is 39.5 Å².